The fourth-order valence-corrected chi connectivity index (χ4v) is 1.89. The van der Waals surface area contributed by atoms with Gasteiger partial charge < -0.3 is 5.32 Å². The number of unbranched alkanes of at least 4 members (excludes halogenated alkanes) is 2. The Morgan fingerprint density at radius 2 is 1.77 bits per heavy atom. The topological polar surface area (TPSA) is 12.0 Å². The smallest absolute Gasteiger partial charge is 0.00519 e. The van der Waals surface area contributed by atoms with Gasteiger partial charge in [-0.15, -0.1) is 0 Å². The van der Waals surface area contributed by atoms with Crippen molar-refractivity contribution >= 4 is 0 Å². The zero-order valence-corrected chi connectivity index (χ0v) is 9.90. The molecular formula is C12H27N. The van der Waals surface area contributed by atoms with Gasteiger partial charge in [-0.1, -0.05) is 46.5 Å². The summed E-state index contributed by atoms with van der Waals surface area (Å²) < 4.78 is 0. The summed E-state index contributed by atoms with van der Waals surface area (Å²) in [6, 6.07) is 0. The van der Waals surface area contributed by atoms with Crippen LogP contribution < -0.4 is 5.32 Å². The first-order valence-corrected chi connectivity index (χ1v) is 5.87. The molecular weight excluding hydrogens is 158 g/mol. The van der Waals surface area contributed by atoms with Crippen LogP contribution in [0.15, 0.2) is 0 Å². The van der Waals surface area contributed by atoms with Crippen molar-refractivity contribution < 1.29 is 0 Å². The first-order valence-electron chi connectivity index (χ1n) is 5.87. The van der Waals surface area contributed by atoms with E-state index in [1.54, 1.807) is 0 Å². The lowest BCUT2D eigenvalue weighted by Gasteiger charge is -2.18. The van der Waals surface area contributed by atoms with E-state index in [1.807, 2.05) is 7.05 Å². The van der Waals surface area contributed by atoms with Crippen LogP contribution >= 0.6 is 0 Å². The molecule has 0 radical (unpaired) electrons. The number of nitrogens with one attached hydrogen (secondary N) is 1. The molecule has 0 rings (SSSR count). The monoisotopic (exact) mass is 185 g/mol. The molecule has 0 aromatic carbocycles. The third kappa shape index (κ3) is 7.06. The zero-order chi connectivity index (χ0) is 10.1. The van der Waals surface area contributed by atoms with E-state index in [9.17, 15) is 0 Å². The van der Waals surface area contributed by atoms with Gasteiger partial charge in [0.25, 0.3) is 0 Å². The van der Waals surface area contributed by atoms with E-state index in [2.05, 4.69) is 26.1 Å². The summed E-state index contributed by atoms with van der Waals surface area (Å²) in [6.45, 7) is 8.19. The quantitative estimate of drug-likeness (QED) is 0.571. The lowest BCUT2D eigenvalue weighted by atomic mass is 9.88. The standard InChI is InChI=1S/C12H27N/c1-5-12(11(2)3)9-7-6-8-10-13-4/h11-13H,5-10H2,1-4H3. The number of hydrogen-bond donors (Lipinski definition) is 1. The van der Waals surface area contributed by atoms with Gasteiger partial charge in [-0.05, 0) is 31.8 Å². The van der Waals surface area contributed by atoms with Gasteiger partial charge >= 0.3 is 0 Å². The summed E-state index contributed by atoms with van der Waals surface area (Å²) in [7, 11) is 2.03. The predicted octanol–water partition coefficient (Wildman–Crippen LogP) is 3.45. The van der Waals surface area contributed by atoms with Crippen molar-refractivity contribution in [2.45, 2.75) is 52.9 Å². The van der Waals surface area contributed by atoms with Crippen molar-refractivity contribution in [2.75, 3.05) is 13.6 Å². The maximum absolute atomic E-state index is 3.19. The highest BCUT2D eigenvalue weighted by molar-refractivity contribution is 4.61. The minimum absolute atomic E-state index is 0.870. The molecule has 0 saturated heterocycles. The first-order chi connectivity index (χ1) is 6.22. The van der Waals surface area contributed by atoms with Crippen LogP contribution in [0.1, 0.15) is 52.9 Å². The highest BCUT2D eigenvalue weighted by Crippen LogP contribution is 2.21. The van der Waals surface area contributed by atoms with Gasteiger partial charge in [0.2, 0.25) is 0 Å². The first kappa shape index (κ1) is 13.0. The zero-order valence-electron chi connectivity index (χ0n) is 9.90. The lowest BCUT2D eigenvalue weighted by molar-refractivity contribution is 0.336. The molecule has 0 aliphatic carbocycles. The summed E-state index contributed by atoms with van der Waals surface area (Å²) in [5, 5.41) is 3.19. The van der Waals surface area contributed by atoms with Crippen molar-refractivity contribution in [3.05, 3.63) is 0 Å². The van der Waals surface area contributed by atoms with Gasteiger partial charge in [-0.25, -0.2) is 0 Å². The van der Waals surface area contributed by atoms with Crippen LogP contribution in [0.3, 0.4) is 0 Å². The molecule has 1 N–H and O–H groups in total. The second-order valence-corrected chi connectivity index (χ2v) is 4.37. The summed E-state index contributed by atoms with van der Waals surface area (Å²) >= 11 is 0. The predicted molar refractivity (Wildman–Crippen MR) is 61.0 cm³/mol. The normalized spacial score (nSPS) is 13.6. The molecule has 0 aliphatic rings. The summed E-state index contributed by atoms with van der Waals surface area (Å²) in [6.07, 6.45) is 6.93. The molecule has 1 heteroatoms. The molecule has 0 saturated carbocycles. The van der Waals surface area contributed by atoms with E-state index < -0.39 is 0 Å². The number of rotatable bonds is 8. The van der Waals surface area contributed by atoms with Crippen LogP contribution in [0.4, 0.5) is 0 Å². The van der Waals surface area contributed by atoms with Gasteiger partial charge in [0.15, 0.2) is 0 Å². The fourth-order valence-electron chi connectivity index (χ4n) is 1.89. The Balaban J connectivity index is 3.28. The molecule has 0 fully saturated rings. The van der Waals surface area contributed by atoms with Crippen molar-refractivity contribution in [3.8, 4) is 0 Å². The van der Waals surface area contributed by atoms with Crippen molar-refractivity contribution in [1.82, 2.24) is 5.32 Å². The Kier molecular flexibility index (Phi) is 8.53. The van der Waals surface area contributed by atoms with Gasteiger partial charge in [0, 0.05) is 0 Å². The minimum atomic E-state index is 0.870. The fraction of sp³-hybridized carbons (Fsp3) is 1.00. The Labute approximate surface area is 84.3 Å². The van der Waals surface area contributed by atoms with Gasteiger partial charge in [0.05, 0.1) is 0 Å². The third-order valence-electron chi connectivity index (χ3n) is 2.97. The highest BCUT2D eigenvalue weighted by Gasteiger charge is 2.09. The van der Waals surface area contributed by atoms with Crippen LogP contribution in [0, 0.1) is 11.8 Å². The SMILES string of the molecule is CCC(CCCCCNC)C(C)C. The van der Waals surface area contributed by atoms with Crippen LogP contribution in [0.2, 0.25) is 0 Å². The molecule has 0 amide bonds. The molecule has 0 bridgehead atoms. The molecule has 0 aromatic heterocycles. The Bertz CT molecular complexity index is 99.3. The van der Waals surface area contributed by atoms with E-state index in [-0.39, 0.29) is 0 Å². The van der Waals surface area contributed by atoms with E-state index in [1.165, 1.54) is 38.6 Å². The van der Waals surface area contributed by atoms with Crippen molar-refractivity contribution in [2.24, 2.45) is 11.8 Å². The number of hydrogen-bond acceptors (Lipinski definition) is 1. The molecule has 80 valence electrons. The lowest BCUT2D eigenvalue weighted by Crippen LogP contribution is -2.09. The summed E-state index contributed by atoms with van der Waals surface area (Å²) in [4.78, 5) is 0. The molecule has 0 aliphatic heterocycles. The second-order valence-electron chi connectivity index (χ2n) is 4.37. The van der Waals surface area contributed by atoms with Crippen LogP contribution in [-0.2, 0) is 0 Å². The van der Waals surface area contributed by atoms with Crippen molar-refractivity contribution in [1.29, 1.82) is 0 Å². The molecule has 0 heterocycles. The van der Waals surface area contributed by atoms with Crippen LogP contribution in [0.25, 0.3) is 0 Å². The van der Waals surface area contributed by atoms with Crippen molar-refractivity contribution in [3.63, 3.8) is 0 Å². The summed E-state index contributed by atoms with van der Waals surface area (Å²) in [5.41, 5.74) is 0. The molecule has 1 nitrogen and oxygen atoms in total. The maximum Gasteiger partial charge on any atom is -0.00519 e. The molecule has 1 atom stereocenters. The van der Waals surface area contributed by atoms with E-state index in [0.717, 1.165) is 11.8 Å². The second kappa shape index (κ2) is 8.55. The molecule has 0 aromatic rings. The Hall–Kier alpha value is -0.0400. The van der Waals surface area contributed by atoms with Crippen LogP contribution in [0.5, 0.6) is 0 Å². The largest absolute Gasteiger partial charge is 0.320 e. The van der Waals surface area contributed by atoms with E-state index in [4.69, 9.17) is 0 Å². The Morgan fingerprint density at radius 1 is 1.08 bits per heavy atom. The van der Waals surface area contributed by atoms with Gasteiger partial charge in [-0.2, -0.15) is 0 Å². The average molecular weight is 185 g/mol. The van der Waals surface area contributed by atoms with Crippen LogP contribution in [-0.4, -0.2) is 13.6 Å². The van der Waals surface area contributed by atoms with E-state index in [0.29, 0.717) is 0 Å². The van der Waals surface area contributed by atoms with E-state index >= 15 is 0 Å². The Morgan fingerprint density at radius 3 is 2.23 bits per heavy atom. The van der Waals surface area contributed by atoms with Gasteiger partial charge in [-0.3, -0.25) is 0 Å². The molecule has 0 spiro atoms. The molecule has 1 unspecified atom stereocenters. The third-order valence-corrected chi connectivity index (χ3v) is 2.97. The minimum Gasteiger partial charge on any atom is -0.320 e. The molecule has 13 heavy (non-hydrogen) atoms. The highest BCUT2D eigenvalue weighted by atomic mass is 14.8. The maximum atomic E-state index is 3.19. The van der Waals surface area contributed by atoms with Gasteiger partial charge in [0.1, 0.15) is 0 Å². The average Bonchev–Trinajstić information content (AvgIpc) is 2.10. The summed E-state index contributed by atoms with van der Waals surface area (Å²) in [5.74, 6) is 1.82.